The average molecular weight is 424 g/mol. The second-order valence-corrected chi connectivity index (χ2v) is 7.43. The average Bonchev–Trinajstić information content (AvgIpc) is 3.20. The van der Waals surface area contributed by atoms with E-state index in [9.17, 15) is 19.7 Å². The SMILES string of the molecule is Cc1ccc(-c2csc(NC(=O)CCCNC(=O)c3ccccc3)n2)cc1[N+](=O)[O-]. The number of nitrogens with zero attached hydrogens (tertiary/aromatic N) is 2. The Hall–Kier alpha value is -3.59. The van der Waals surface area contributed by atoms with Crippen LogP contribution in [0.2, 0.25) is 0 Å². The van der Waals surface area contributed by atoms with E-state index in [0.717, 1.165) is 0 Å². The summed E-state index contributed by atoms with van der Waals surface area (Å²) in [5.74, 6) is -0.382. The Balaban J connectivity index is 1.49. The van der Waals surface area contributed by atoms with Crippen LogP contribution in [-0.2, 0) is 4.79 Å². The summed E-state index contributed by atoms with van der Waals surface area (Å²) in [7, 11) is 0. The van der Waals surface area contributed by atoms with Crippen LogP contribution in [0, 0.1) is 17.0 Å². The first kappa shape index (κ1) is 21.1. The van der Waals surface area contributed by atoms with Crippen LogP contribution < -0.4 is 10.6 Å². The lowest BCUT2D eigenvalue weighted by Gasteiger charge is -2.05. The van der Waals surface area contributed by atoms with E-state index in [1.165, 1.54) is 17.4 Å². The maximum absolute atomic E-state index is 12.1. The van der Waals surface area contributed by atoms with Gasteiger partial charge in [0.2, 0.25) is 5.91 Å². The highest BCUT2D eigenvalue weighted by Gasteiger charge is 2.14. The van der Waals surface area contributed by atoms with Gasteiger partial charge in [-0.2, -0.15) is 0 Å². The van der Waals surface area contributed by atoms with Gasteiger partial charge in [-0.25, -0.2) is 4.98 Å². The summed E-state index contributed by atoms with van der Waals surface area (Å²) in [5.41, 5.74) is 2.37. The van der Waals surface area contributed by atoms with Crippen molar-refractivity contribution < 1.29 is 14.5 Å². The molecule has 0 aliphatic carbocycles. The molecular weight excluding hydrogens is 404 g/mol. The van der Waals surface area contributed by atoms with Crippen LogP contribution in [0.15, 0.2) is 53.9 Å². The summed E-state index contributed by atoms with van der Waals surface area (Å²) in [6, 6.07) is 13.8. The van der Waals surface area contributed by atoms with Gasteiger partial charge in [0.05, 0.1) is 10.6 Å². The van der Waals surface area contributed by atoms with Gasteiger partial charge in [0.1, 0.15) is 0 Å². The van der Waals surface area contributed by atoms with Crippen LogP contribution >= 0.6 is 11.3 Å². The van der Waals surface area contributed by atoms with E-state index in [1.807, 2.05) is 6.07 Å². The zero-order valence-corrected chi connectivity index (χ0v) is 17.1. The molecule has 2 N–H and O–H groups in total. The van der Waals surface area contributed by atoms with Crippen molar-refractivity contribution in [2.45, 2.75) is 19.8 Å². The van der Waals surface area contributed by atoms with E-state index in [2.05, 4.69) is 15.6 Å². The van der Waals surface area contributed by atoms with Crippen LogP contribution in [-0.4, -0.2) is 28.3 Å². The second kappa shape index (κ2) is 9.75. The number of nitrogens with one attached hydrogen (secondary N) is 2. The van der Waals surface area contributed by atoms with Crippen molar-refractivity contribution in [1.29, 1.82) is 0 Å². The molecule has 3 rings (SSSR count). The van der Waals surface area contributed by atoms with Crippen LogP contribution in [0.1, 0.15) is 28.8 Å². The number of thiazole rings is 1. The molecule has 0 bridgehead atoms. The second-order valence-electron chi connectivity index (χ2n) is 6.57. The number of anilines is 1. The number of amides is 2. The van der Waals surface area contributed by atoms with Crippen molar-refractivity contribution in [3.05, 3.63) is 75.2 Å². The van der Waals surface area contributed by atoms with Crippen molar-refractivity contribution in [2.75, 3.05) is 11.9 Å². The number of nitro benzene ring substituents is 1. The van der Waals surface area contributed by atoms with Crippen molar-refractivity contribution in [3.63, 3.8) is 0 Å². The van der Waals surface area contributed by atoms with Gasteiger partial charge in [0, 0.05) is 41.1 Å². The highest BCUT2D eigenvalue weighted by Crippen LogP contribution is 2.29. The normalized spacial score (nSPS) is 10.4. The molecule has 0 radical (unpaired) electrons. The maximum atomic E-state index is 12.1. The van der Waals surface area contributed by atoms with Gasteiger partial charge in [-0.05, 0) is 25.5 Å². The number of hydrogen-bond acceptors (Lipinski definition) is 6. The molecular formula is C21H20N4O4S. The van der Waals surface area contributed by atoms with E-state index in [0.29, 0.717) is 40.5 Å². The Labute approximate surface area is 177 Å². The Bertz CT molecular complexity index is 1070. The highest BCUT2D eigenvalue weighted by molar-refractivity contribution is 7.14. The minimum atomic E-state index is -0.426. The van der Waals surface area contributed by atoms with Gasteiger partial charge >= 0.3 is 0 Å². The lowest BCUT2D eigenvalue weighted by Crippen LogP contribution is -2.25. The number of rotatable bonds is 8. The molecule has 0 aliphatic rings. The Morgan fingerprint density at radius 3 is 2.67 bits per heavy atom. The van der Waals surface area contributed by atoms with Crippen molar-refractivity contribution >= 4 is 34.0 Å². The number of hydrogen-bond donors (Lipinski definition) is 2. The maximum Gasteiger partial charge on any atom is 0.272 e. The molecule has 0 atom stereocenters. The predicted octanol–water partition coefficient (Wildman–Crippen LogP) is 4.18. The minimum absolute atomic E-state index is 0.0311. The minimum Gasteiger partial charge on any atom is -0.352 e. The van der Waals surface area contributed by atoms with Crippen molar-refractivity contribution in [2.24, 2.45) is 0 Å². The zero-order valence-electron chi connectivity index (χ0n) is 16.3. The molecule has 2 amide bonds. The van der Waals surface area contributed by atoms with Crippen LogP contribution in [0.4, 0.5) is 10.8 Å². The number of carbonyl (C=O) groups is 2. The van der Waals surface area contributed by atoms with E-state index in [-0.39, 0.29) is 23.9 Å². The molecule has 8 nitrogen and oxygen atoms in total. The highest BCUT2D eigenvalue weighted by atomic mass is 32.1. The quantitative estimate of drug-likeness (QED) is 0.320. The Kier molecular flexibility index (Phi) is 6.87. The largest absolute Gasteiger partial charge is 0.352 e. The molecule has 0 spiro atoms. The fraction of sp³-hybridized carbons (Fsp3) is 0.190. The van der Waals surface area contributed by atoms with Crippen LogP contribution in [0.25, 0.3) is 11.3 Å². The third-order valence-corrected chi connectivity index (χ3v) is 5.11. The van der Waals surface area contributed by atoms with Gasteiger partial charge in [-0.3, -0.25) is 19.7 Å². The van der Waals surface area contributed by atoms with Crippen molar-refractivity contribution in [1.82, 2.24) is 10.3 Å². The standard InChI is InChI=1S/C21H20N4O4S/c1-14-9-10-16(12-18(14)25(28)29)17-13-30-21(23-17)24-19(26)8-5-11-22-20(27)15-6-3-2-4-7-15/h2-4,6-7,9-10,12-13H,5,8,11H2,1H3,(H,22,27)(H,23,24,26). The lowest BCUT2D eigenvalue weighted by atomic mass is 10.1. The molecule has 3 aromatic rings. The van der Waals surface area contributed by atoms with E-state index < -0.39 is 4.92 Å². The molecule has 0 saturated heterocycles. The number of aromatic nitrogens is 1. The summed E-state index contributed by atoms with van der Waals surface area (Å²) in [4.78, 5) is 39.1. The summed E-state index contributed by atoms with van der Waals surface area (Å²) in [6.07, 6.45) is 0.729. The number of benzene rings is 2. The summed E-state index contributed by atoms with van der Waals surface area (Å²) >= 11 is 1.25. The number of aryl methyl sites for hydroxylation is 1. The first-order valence-electron chi connectivity index (χ1n) is 9.28. The summed E-state index contributed by atoms with van der Waals surface area (Å²) in [6.45, 7) is 2.06. The van der Waals surface area contributed by atoms with Gasteiger partial charge in [-0.15, -0.1) is 11.3 Å². The molecule has 0 unspecified atom stereocenters. The number of nitro groups is 1. The van der Waals surface area contributed by atoms with Crippen LogP contribution in [0.5, 0.6) is 0 Å². The first-order chi connectivity index (χ1) is 14.4. The summed E-state index contributed by atoms with van der Waals surface area (Å²) < 4.78 is 0. The molecule has 0 aliphatic heterocycles. The smallest absolute Gasteiger partial charge is 0.272 e. The van der Waals surface area contributed by atoms with Gasteiger partial charge in [0.25, 0.3) is 11.6 Å². The van der Waals surface area contributed by atoms with Crippen LogP contribution in [0.3, 0.4) is 0 Å². The third kappa shape index (κ3) is 5.48. The number of carbonyl (C=O) groups excluding carboxylic acids is 2. The third-order valence-electron chi connectivity index (χ3n) is 4.35. The molecule has 2 aromatic carbocycles. The van der Waals surface area contributed by atoms with E-state index >= 15 is 0 Å². The van der Waals surface area contributed by atoms with Crippen molar-refractivity contribution in [3.8, 4) is 11.3 Å². The van der Waals surface area contributed by atoms with E-state index in [4.69, 9.17) is 0 Å². The fourth-order valence-corrected chi connectivity index (χ4v) is 3.49. The Morgan fingerprint density at radius 1 is 1.17 bits per heavy atom. The van der Waals surface area contributed by atoms with Gasteiger partial charge in [0.15, 0.2) is 5.13 Å². The Morgan fingerprint density at radius 2 is 1.93 bits per heavy atom. The molecule has 154 valence electrons. The van der Waals surface area contributed by atoms with Gasteiger partial charge in [-0.1, -0.05) is 30.3 Å². The molecule has 0 saturated carbocycles. The topological polar surface area (TPSA) is 114 Å². The fourth-order valence-electron chi connectivity index (χ4n) is 2.75. The predicted molar refractivity (Wildman–Crippen MR) is 116 cm³/mol. The zero-order chi connectivity index (χ0) is 21.5. The van der Waals surface area contributed by atoms with E-state index in [1.54, 1.807) is 48.7 Å². The summed E-state index contributed by atoms with van der Waals surface area (Å²) in [5, 5.41) is 18.8. The molecule has 9 heteroatoms. The lowest BCUT2D eigenvalue weighted by molar-refractivity contribution is -0.385. The molecule has 1 heterocycles. The van der Waals surface area contributed by atoms with Gasteiger partial charge < -0.3 is 10.6 Å². The molecule has 1 aromatic heterocycles. The first-order valence-corrected chi connectivity index (χ1v) is 10.2. The molecule has 30 heavy (non-hydrogen) atoms. The molecule has 0 fully saturated rings. The monoisotopic (exact) mass is 424 g/mol.